The summed E-state index contributed by atoms with van der Waals surface area (Å²) in [4.78, 5) is 14.8. The van der Waals surface area contributed by atoms with Gasteiger partial charge in [0.05, 0.1) is 34.4 Å². The van der Waals surface area contributed by atoms with Gasteiger partial charge >= 0.3 is 0 Å². The lowest BCUT2D eigenvalue weighted by molar-refractivity contribution is -0.116. The standard InChI is InChI=1S/C21H24N4O3S/c1-24(29(27,28)18-11-9-17(15-22)10-12-18)16-21(26)23-19-7-3-4-8-20(19)25-13-5-2-6-14-25/h3-4,7-12H,2,5-6,13-14,16H2,1H3,(H,23,26). The van der Waals surface area contributed by atoms with E-state index in [1.807, 2.05) is 30.3 Å². The first-order valence-corrected chi connectivity index (χ1v) is 11.0. The van der Waals surface area contributed by atoms with Crippen LogP contribution in [0.15, 0.2) is 53.4 Å². The van der Waals surface area contributed by atoms with Crippen molar-refractivity contribution in [3.63, 3.8) is 0 Å². The van der Waals surface area contributed by atoms with Gasteiger partial charge in [-0.25, -0.2) is 8.42 Å². The van der Waals surface area contributed by atoms with Gasteiger partial charge in [0.1, 0.15) is 0 Å². The Morgan fingerprint density at radius 1 is 1.10 bits per heavy atom. The molecule has 1 amide bonds. The Kier molecular flexibility index (Phi) is 6.52. The number of rotatable bonds is 6. The third kappa shape index (κ3) is 4.94. The highest BCUT2D eigenvalue weighted by molar-refractivity contribution is 7.89. The van der Waals surface area contributed by atoms with Gasteiger partial charge in [-0.2, -0.15) is 9.57 Å². The van der Waals surface area contributed by atoms with Crippen molar-refractivity contribution >= 4 is 27.3 Å². The van der Waals surface area contributed by atoms with Gasteiger partial charge in [0, 0.05) is 20.1 Å². The summed E-state index contributed by atoms with van der Waals surface area (Å²) in [5, 5.41) is 11.7. The fraction of sp³-hybridized carbons (Fsp3) is 0.333. The molecule has 0 saturated carbocycles. The molecule has 3 rings (SSSR count). The lowest BCUT2D eigenvalue weighted by atomic mass is 10.1. The third-order valence-electron chi connectivity index (χ3n) is 4.93. The number of nitrogens with one attached hydrogen (secondary N) is 1. The largest absolute Gasteiger partial charge is 0.370 e. The molecule has 7 nitrogen and oxygen atoms in total. The van der Waals surface area contributed by atoms with Crippen LogP contribution in [0.5, 0.6) is 0 Å². The highest BCUT2D eigenvalue weighted by Gasteiger charge is 2.23. The maximum Gasteiger partial charge on any atom is 0.243 e. The molecule has 0 spiro atoms. The fourth-order valence-electron chi connectivity index (χ4n) is 3.35. The normalized spacial score (nSPS) is 14.4. The molecule has 1 fully saturated rings. The van der Waals surface area contributed by atoms with Gasteiger partial charge in [-0.15, -0.1) is 0 Å². The van der Waals surface area contributed by atoms with Gasteiger partial charge in [0.15, 0.2) is 0 Å². The highest BCUT2D eigenvalue weighted by Crippen LogP contribution is 2.28. The predicted molar refractivity (Wildman–Crippen MR) is 112 cm³/mol. The van der Waals surface area contributed by atoms with Crippen molar-refractivity contribution in [1.82, 2.24) is 4.31 Å². The van der Waals surface area contributed by atoms with E-state index < -0.39 is 15.9 Å². The Balaban J connectivity index is 1.69. The van der Waals surface area contributed by atoms with Crippen molar-refractivity contribution in [3.05, 3.63) is 54.1 Å². The maximum absolute atomic E-state index is 12.7. The average Bonchev–Trinajstić information content (AvgIpc) is 2.74. The Hall–Kier alpha value is -2.89. The molecule has 1 aliphatic rings. The van der Waals surface area contributed by atoms with Gasteiger partial charge in [-0.05, 0) is 55.7 Å². The number of sulfonamides is 1. The summed E-state index contributed by atoms with van der Waals surface area (Å²) >= 11 is 0. The second-order valence-corrected chi connectivity index (χ2v) is 9.06. The minimum atomic E-state index is -3.83. The summed E-state index contributed by atoms with van der Waals surface area (Å²) < 4.78 is 26.4. The number of anilines is 2. The summed E-state index contributed by atoms with van der Waals surface area (Å²) in [6, 6.07) is 15.1. The van der Waals surface area contributed by atoms with Gasteiger partial charge in [-0.1, -0.05) is 12.1 Å². The van der Waals surface area contributed by atoms with Gasteiger partial charge < -0.3 is 10.2 Å². The molecule has 0 bridgehead atoms. The van der Waals surface area contributed by atoms with E-state index >= 15 is 0 Å². The Bertz CT molecular complexity index is 1010. The molecule has 29 heavy (non-hydrogen) atoms. The second-order valence-electron chi connectivity index (χ2n) is 7.01. The summed E-state index contributed by atoms with van der Waals surface area (Å²) in [7, 11) is -2.46. The van der Waals surface area contributed by atoms with Crippen LogP contribution in [-0.4, -0.2) is 45.3 Å². The number of carbonyl (C=O) groups is 1. The molecule has 0 aromatic heterocycles. The van der Waals surface area contributed by atoms with Gasteiger partial charge in [0.2, 0.25) is 15.9 Å². The van der Waals surface area contributed by atoms with Crippen LogP contribution in [0.2, 0.25) is 0 Å². The first-order valence-electron chi connectivity index (χ1n) is 9.52. The molecule has 0 aliphatic carbocycles. The number of hydrogen-bond donors (Lipinski definition) is 1. The topological polar surface area (TPSA) is 93.5 Å². The summed E-state index contributed by atoms with van der Waals surface area (Å²) in [5.74, 6) is -0.408. The third-order valence-corrected chi connectivity index (χ3v) is 6.75. The number of nitrogens with zero attached hydrogens (tertiary/aromatic N) is 3. The molecule has 2 aromatic rings. The van der Waals surface area contributed by atoms with Crippen molar-refractivity contribution in [2.24, 2.45) is 0 Å². The number of piperidine rings is 1. The van der Waals surface area contributed by atoms with Gasteiger partial charge in [-0.3, -0.25) is 4.79 Å². The number of carbonyl (C=O) groups excluding carboxylic acids is 1. The number of benzene rings is 2. The molecule has 0 unspecified atom stereocenters. The molecule has 1 heterocycles. The van der Waals surface area contributed by atoms with Crippen LogP contribution in [0.1, 0.15) is 24.8 Å². The molecular formula is C21H24N4O3S. The molecule has 1 aliphatic heterocycles. The molecule has 1 N–H and O–H groups in total. The van der Waals surface area contributed by atoms with Crippen LogP contribution in [0.3, 0.4) is 0 Å². The van der Waals surface area contributed by atoms with Crippen LogP contribution in [0.4, 0.5) is 11.4 Å². The van der Waals surface area contributed by atoms with E-state index in [0.29, 0.717) is 11.3 Å². The van der Waals surface area contributed by atoms with E-state index in [1.165, 1.54) is 37.7 Å². The monoisotopic (exact) mass is 412 g/mol. The lowest BCUT2D eigenvalue weighted by Gasteiger charge is -2.30. The van der Waals surface area contributed by atoms with Crippen LogP contribution in [-0.2, 0) is 14.8 Å². The summed E-state index contributed by atoms with van der Waals surface area (Å²) in [5.41, 5.74) is 2.01. The van der Waals surface area contributed by atoms with Crippen molar-refractivity contribution in [2.75, 3.05) is 36.9 Å². The molecule has 152 valence electrons. The van der Waals surface area contributed by atoms with Crippen LogP contribution in [0, 0.1) is 11.3 Å². The number of amides is 1. The van der Waals surface area contributed by atoms with Crippen LogP contribution >= 0.6 is 0 Å². The lowest BCUT2D eigenvalue weighted by Crippen LogP contribution is -2.35. The van der Waals surface area contributed by atoms with E-state index in [9.17, 15) is 13.2 Å². The zero-order valence-corrected chi connectivity index (χ0v) is 17.2. The highest BCUT2D eigenvalue weighted by atomic mass is 32.2. The number of likely N-dealkylation sites (N-methyl/N-ethyl adjacent to an activating group) is 1. The Morgan fingerprint density at radius 2 is 1.76 bits per heavy atom. The van der Waals surface area contributed by atoms with E-state index in [2.05, 4.69) is 10.2 Å². The maximum atomic E-state index is 12.7. The quantitative estimate of drug-likeness (QED) is 0.787. The Morgan fingerprint density at radius 3 is 2.41 bits per heavy atom. The minimum absolute atomic E-state index is 0.0421. The zero-order valence-electron chi connectivity index (χ0n) is 16.3. The van der Waals surface area contributed by atoms with Crippen molar-refractivity contribution < 1.29 is 13.2 Å². The summed E-state index contributed by atoms with van der Waals surface area (Å²) in [6.07, 6.45) is 3.45. The van der Waals surface area contributed by atoms with Gasteiger partial charge in [0.25, 0.3) is 0 Å². The zero-order chi connectivity index (χ0) is 20.9. The Labute approximate surface area is 171 Å². The molecule has 0 atom stereocenters. The van der Waals surface area contributed by atoms with Crippen LogP contribution in [0.25, 0.3) is 0 Å². The summed E-state index contributed by atoms with van der Waals surface area (Å²) in [6.45, 7) is 1.58. The van der Waals surface area contributed by atoms with E-state index in [4.69, 9.17) is 5.26 Å². The first kappa shape index (κ1) is 20.8. The van der Waals surface area contributed by atoms with Crippen molar-refractivity contribution in [3.8, 4) is 6.07 Å². The minimum Gasteiger partial charge on any atom is -0.370 e. The predicted octanol–water partition coefficient (Wildman–Crippen LogP) is 2.81. The molecular weight excluding hydrogens is 388 g/mol. The molecule has 1 saturated heterocycles. The fourth-order valence-corrected chi connectivity index (χ4v) is 4.48. The molecule has 8 heteroatoms. The van der Waals surface area contributed by atoms with E-state index in [0.717, 1.165) is 35.9 Å². The van der Waals surface area contributed by atoms with Crippen molar-refractivity contribution in [1.29, 1.82) is 5.26 Å². The van der Waals surface area contributed by atoms with E-state index in [1.54, 1.807) is 0 Å². The first-order chi connectivity index (χ1) is 13.9. The van der Waals surface area contributed by atoms with E-state index in [-0.39, 0.29) is 11.4 Å². The molecule has 0 radical (unpaired) electrons. The average molecular weight is 413 g/mol. The van der Waals surface area contributed by atoms with Crippen LogP contribution < -0.4 is 10.2 Å². The number of nitriles is 1. The van der Waals surface area contributed by atoms with Crippen molar-refractivity contribution in [2.45, 2.75) is 24.2 Å². The second kappa shape index (κ2) is 9.07. The SMILES string of the molecule is CN(CC(=O)Nc1ccccc1N1CCCCC1)S(=O)(=O)c1ccc(C#N)cc1. The number of para-hydroxylation sites is 2. The number of hydrogen-bond acceptors (Lipinski definition) is 5. The smallest absolute Gasteiger partial charge is 0.243 e. The molecule has 2 aromatic carbocycles.